The zero-order valence-electron chi connectivity index (χ0n) is 17.1. The summed E-state index contributed by atoms with van der Waals surface area (Å²) >= 11 is 0. The van der Waals surface area contributed by atoms with Crippen LogP contribution in [0.3, 0.4) is 0 Å². The number of nitrogens with zero attached hydrogens (tertiary/aromatic N) is 1. The first-order valence-corrected chi connectivity index (χ1v) is 10.6. The first-order chi connectivity index (χ1) is 14.7. The summed E-state index contributed by atoms with van der Waals surface area (Å²) in [4.78, 5) is 14.9. The Morgan fingerprint density at radius 2 is 1.93 bits per heavy atom. The summed E-state index contributed by atoms with van der Waals surface area (Å²) in [6.45, 7) is 2.67. The number of hydrogen-bond acceptors (Lipinski definition) is 7. The van der Waals surface area contributed by atoms with Crippen LogP contribution < -0.4 is 9.47 Å². The molecule has 1 aromatic carbocycles. The zero-order chi connectivity index (χ0) is 20.8. The third-order valence-corrected chi connectivity index (χ3v) is 5.50. The number of aliphatic hydroxyl groups excluding tert-OH is 1. The standard InChI is InChI=1S/C22H29NO7/c24-8-9-26-10-11-27-21-14-17(16-4-5-18-19(12-16)29-15-28-18)13-20(30-21)22(25)23-6-2-1-3-7-23/h4-5,12-13,17,21,24H,1-3,6-11,14-15H2/t17-,21+/m1/s1. The highest BCUT2D eigenvalue weighted by molar-refractivity contribution is 5.91. The van der Waals surface area contributed by atoms with Crippen LogP contribution >= 0.6 is 0 Å². The summed E-state index contributed by atoms with van der Waals surface area (Å²) < 4.78 is 28.0. The summed E-state index contributed by atoms with van der Waals surface area (Å²) in [6.07, 6.45) is 5.13. The molecule has 164 valence electrons. The maximum atomic E-state index is 13.1. The molecule has 3 aliphatic rings. The number of carbonyl (C=O) groups is 1. The van der Waals surface area contributed by atoms with E-state index in [0.717, 1.165) is 43.7 Å². The smallest absolute Gasteiger partial charge is 0.288 e. The van der Waals surface area contributed by atoms with Crippen molar-refractivity contribution in [2.75, 3.05) is 46.3 Å². The molecule has 8 heteroatoms. The normalized spacial score (nSPS) is 23.1. The highest BCUT2D eigenvalue weighted by Gasteiger charge is 2.32. The second kappa shape index (κ2) is 10.1. The molecule has 8 nitrogen and oxygen atoms in total. The van der Waals surface area contributed by atoms with Crippen molar-refractivity contribution < 1.29 is 33.6 Å². The van der Waals surface area contributed by atoms with Crippen molar-refractivity contribution in [3.63, 3.8) is 0 Å². The topological polar surface area (TPSA) is 86.7 Å². The molecule has 2 atom stereocenters. The van der Waals surface area contributed by atoms with Gasteiger partial charge in [-0.1, -0.05) is 6.07 Å². The number of likely N-dealkylation sites (tertiary alicyclic amines) is 1. The van der Waals surface area contributed by atoms with Gasteiger partial charge in [-0.25, -0.2) is 0 Å². The molecule has 0 saturated carbocycles. The Morgan fingerprint density at radius 1 is 1.10 bits per heavy atom. The molecular weight excluding hydrogens is 390 g/mol. The van der Waals surface area contributed by atoms with Crippen LogP contribution in [-0.2, 0) is 19.0 Å². The molecule has 30 heavy (non-hydrogen) atoms. The highest BCUT2D eigenvalue weighted by atomic mass is 16.7. The molecule has 3 heterocycles. The van der Waals surface area contributed by atoms with E-state index in [9.17, 15) is 4.79 Å². The van der Waals surface area contributed by atoms with Gasteiger partial charge >= 0.3 is 0 Å². The first-order valence-electron chi connectivity index (χ1n) is 10.6. The molecule has 1 N–H and O–H groups in total. The van der Waals surface area contributed by atoms with Gasteiger partial charge in [0.1, 0.15) is 0 Å². The van der Waals surface area contributed by atoms with Crippen molar-refractivity contribution in [3.05, 3.63) is 35.6 Å². The lowest BCUT2D eigenvalue weighted by Gasteiger charge is -2.33. The number of carbonyl (C=O) groups excluding carboxylic acids is 1. The van der Waals surface area contributed by atoms with E-state index in [0.29, 0.717) is 31.1 Å². The summed E-state index contributed by atoms with van der Waals surface area (Å²) in [6, 6.07) is 5.84. The van der Waals surface area contributed by atoms with E-state index in [1.807, 2.05) is 29.2 Å². The summed E-state index contributed by atoms with van der Waals surface area (Å²) in [5, 5.41) is 8.80. The van der Waals surface area contributed by atoms with Crippen LogP contribution in [-0.4, -0.2) is 68.5 Å². The predicted octanol–water partition coefficient (Wildman–Crippen LogP) is 2.17. The number of piperidine rings is 1. The number of benzene rings is 1. The number of rotatable bonds is 8. The number of aliphatic hydroxyl groups is 1. The van der Waals surface area contributed by atoms with Gasteiger partial charge in [-0.3, -0.25) is 4.79 Å². The molecule has 0 aromatic heterocycles. The monoisotopic (exact) mass is 419 g/mol. The fourth-order valence-corrected chi connectivity index (χ4v) is 3.94. The second-order valence-electron chi connectivity index (χ2n) is 7.59. The Balaban J connectivity index is 1.48. The van der Waals surface area contributed by atoms with Crippen molar-refractivity contribution in [2.24, 2.45) is 0 Å². The van der Waals surface area contributed by atoms with Gasteiger partial charge in [-0.15, -0.1) is 0 Å². The van der Waals surface area contributed by atoms with Crippen LogP contribution in [0, 0.1) is 0 Å². The average Bonchev–Trinajstić information content (AvgIpc) is 3.27. The van der Waals surface area contributed by atoms with Crippen molar-refractivity contribution in [2.45, 2.75) is 37.9 Å². The molecule has 3 aliphatic heterocycles. The molecule has 0 bridgehead atoms. The Labute approximate surface area is 176 Å². The van der Waals surface area contributed by atoms with Crippen LogP contribution in [0.5, 0.6) is 11.5 Å². The van der Waals surface area contributed by atoms with Gasteiger partial charge in [0.25, 0.3) is 5.91 Å². The Morgan fingerprint density at radius 3 is 2.77 bits per heavy atom. The Kier molecular flexibility index (Phi) is 7.09. The van der Waals surface area contributed by atoms with E-state index >= 15 is 0 Å². The van der Waals surface area contributed by atoms with E-state index in [1.54, 1.807) is 0 Å². The van der Waals surface area contributed by atoms with Crippen LogP contribution in [0.2, 0.25) is 0 Å². The van der Waals surface area contributed by atoms with Gasteiger partial charge in [-0.05, 0) is 43.0 Å². The molecule has 0 spiro atoms. The summed E-state index contributed by atoms with van der Waals surface area (Å²) in [5.74, 6) is 1.66. The minimum absolute atomic E-state index is 0.0245. The highest BCUT2D eigenvalue weighted by Crippen LogP contribution is 2.38. The van der Waals surface area contributed by atoms with E-state index in [-0.39, 0.29) is 31.8 Å². The molecule has 1 aromatic rings. The maximum Gasteiger partial charge on any atom is 0.288 e. The molecule has 1 saturated heterocycles. The maximum absolute atomic E-state index is 13.1. The Bertz CT molecular complexity index is 760. The predicted molar refractivity (Wildman–Crippen MR) is 107 cm³/mol. The molecule has 4 rings (SSSR count). The summed E-state index contributed by atoms with van der Waals surface area (Å²) in [7, 11) is 0. The van der Waals surface area contributed by atoms with Crippen LogP contribution in [0.15, 0.2) is 30.0 Å². The van der Waals surface area contributed by atoms with Gasteiger partial charge in [0.15, 0.2) is 17.3 Å². The van der Waals surface area contributed by atoms with Crippen molar-refractivity contribution in [1.82, 2.24) is 4.90 Å². The lowest BCUT2D eigenvalue weighted by molar-refractivity contribution is -0.157. The fraction of sp³-hybridized carbons (Fsp3) is 0.591. The summed E-state index contributed by atoms with van der Waals surface area (Å²) in [5.41, 5.74) is 1.02. The lowest BCUT2D eigenvalue weighted by Crippen LogP contribution is -2.39. The number of hydrogen-bond donors (Lipinski definition) is 1. The quantitative estimate of drug-likeness (QED) is 0.646. The Hall–Kier alpha value is -2.29. The molecule has 1 fully saturated rings. The SMILES string of the molecule is O=C(C1=C[C@@H](c2ccc3c(c2)OCO3)C[C@@H](OCCOCCO)O1)N1CCCCC1. The van der Waals surface area contributed by atoms with E-state index in [2.05, 4.69) is 0 Å². The average molecular weight is 419 g/mol. The molecule has 0 radical (unpaired) electrons. The zero-order valence-corrected chi connectivity index (χ0v) is 17.1. The number of allylic oxidation sites excluding steroid dienone is 1. The molecule has 0 unspecified atom stereocenters. The first kappa shape index (κ1) is 21.0. The molecule has 1 amide bonds. The fourth-order valence-electron chi connectivity index (χ4n) is 3.94. The van der Waals surface area contributed by atoms with Crippen LogP contribution in [0.4, 0.5) is 0 Å². The lowest BCUT2D eigenvalue weighted by atomic mass is 9.92. The number of ether oxygens (including phenoxy) is 5. The van der Waals surface area contributed by atoms with E-state index in [1.165, 1.54) is 0 Å². The third-order valence-electron chi connectivity index (χ3n) is 5.50. The minimum atomic E-state index is -0.549. The van der Waals surface area contributed by atoms with Crippen molar-refractivity contribution in [1.29, 1.82) is 0 Å². The molecular formula is C22H29NO7. The minimum Gasteiger partial charge on any atom is -0.459 e. The largest absolute Gasteiger partial charge is 0.459 e. The van der Waals surface area contributed by atoms with Gasteiger partial charge in [-0.2, -0.15) is 0 Å². The third kappa shape index (κ3) is 5.06. The second-order valence-corrected chi connectivity index (χ2v) is 7.59. The molecule has 0 aliphatic carbocycles. The van der Waals surface area contributed by atoms with Crippen LogP contribution in [0.25, 0.3) is 0 Å². The van der Waals surface area contributed by atoms with Crippen molar-refractivity contribution >= 4 is 5.91 Å². The van der Waals surface area contributed by atoms with Crippen molar-refractivity contribution in [3.8, 4) is 11.5 Å². The van der Waals surface area contributed by atoms with E-state index < -0.39 is 6.29 Å². The van der Waals surface area contributed by atoms with Gasteiger partial charge in [0.2, 0.25) is 13.1 Å². The van der Waals surface area contributed by atoms with Gasteiger partial charge in [0.05, 0.1) is 26.4 Å². The number of amides is 1. The van der Waals surface area contributed by atoms with Gasteiger partial charge < -0.3 is 33.7 Å². The van der Waals surface area contributed by atoms with E-state index in [4.69, 9.17) is 28.8 Å². The number of fused-ring (bicyclic) bond motifs is 1. The van der Waals surface area contributed by atoms with Crippen LogP contribution in [0.1, 0.15) is 37.2 Å². The van der Waals surface area contributed by atoms with Gasteiger partial charge in [0, 0.05) is 25.4 Å².